The Morgan fingerprint density at radius 2 is 1.88 bits per heavy atom. The molecule has 0 saturated carbocycles. The third kappa shape index (κ3) is 3.44. The lowest BCUT2D eigenvalue weighted by Gasteiger charge is -2.08. The molecule has 0 fully saturated rings. The summed E-state index contributed by atoms with van der Waals surface area (Å²) in [6.07, 6.45) is 0. The van der Waals surface area contributed by atoms with E-state index in [0.29, 0.717) is 16.5 Å². The molecule has 5 nitrogen and oxygen atoms in total. The Labute approximate surface area is 147 Å². The standard InChI is InChI=1S/C17H13ClN2O3S/c18-12-6-2-1-4-10(12)8-24-9-14(21)19-13-7-3-5-11-15(13)17(23)20-16(11)22/h1-7H,8-9H2,(H,19,21)(H,20,22,23). The van der Waals surface area contributed by atoms with Crippen molar-refractivity contribution in [2.45, 2.75) is 5.75 Å². The quantitative estimate of drug-likeness (QED) is 0.803. The van der Waals surface area contributed by atoms with Gasteiger partial charge in [0, 0.05) is 10.8 Å². The fraction of sp³-hybridized carbons (Fsp3) is 0.118. The van der Waals surface area contributed by atoms with Gasteiger partial charge in [0.1, 0.15) is 0 Å². The van der Waals surface area contributed by atoms with Crippen molar-refractivity contribution in [3.05, 3.63) is 64.2 Å². The summed E-state index contributed by atoms with van der Waals surface area (Å²) >= 11 is 7.49. The molecule has 0 aliphatic carbocycles. The largest absolute Gasteiger partial charge is 0.325 e. The minimum Gasteiger partial charge on any atom is -0.325 e. The summed E-state index contributed by atoms with van der Waals surface area (Å²) in [7, 11) is 0. The second-order valence-corrected chi connectivity index (χ2v) is 6.54. The number of benzene rings is 2. The molecule has 0 spiro atoms. The topological polar surface area (TPSA) is 75.3 Å². The molecule has 122 valence electrons. The SMILES string of the molecule is O=C(CSCc1ccccc1Cl)Nc1cccc2c1C(=O)NC2=O. The van der Waals surface area contributed by atoms with Gasteiger partial charge in [0.2, 0.25) is 5.91 Å². The number of imide groups is 1. The molecule has 2 aromatic rings. The van der Waals surface area contributed by atoms with Crippen molar-refractivity contribution in [1.29, 1.82) is 0 Å². The van der Waals surface area contributed by atoms with Crippen LogP contribution in [0, 0.1) is 0 Å². The van der Waals surface area contributed by atoms with E-state index in [1.807, 2.05) is 18.2 Å². The second kappa shape index (κ2) is 7.07. The molecular weight excluding hydrogens is 348 g/mol. The first kappa shape index (κ1) is 16.5. The Balaban J connectivity index is 1.61. The number of amides is 3. The van der Waals surface area contributed by atoms with Gasteiger partial charge in [-0.05, 0) is 23.8 Å². The number of anilines is 1. The van der Waals surface area contributed by atoms with E-state index in [0.717, 1.165) is 5.56 Å². The average molecular weight is 361 g/mol. The van der Waals surface area contributed by atoms with Gasteiger partial charge in [-0.1, -0.05) is 35.9 Å². The van der Waals surface area contributed by atoms with Crippen LogP contribution in [0.5, 0.6) is 0 Å². The smallest absolute Gasteiger partial charge is 0.261 e. The summed E-state index contributed by atoms with van der Waals surface area (Å²) < 4.78 is 0. The molecular formula is C17H13ClN2O3S. The maximum Gasteiger partial charge on any atom is 0.261 e. The van der Waals surface area contributed by atoms with Crippen molar-refractivity contribution in [2.24, 2.45) is 0 Å². The van der Waals surface area contributed by atoms with Crippen LogP contribution < -0.4 is 10.6 Å². The first-order valence-corrected chi connectivity index (χ1v) is 8.69. The van der Waals surface area contributed by atoms with E-state index in [9.17, 15) is 14.4 Å². The van der Waals surface area contributed by atoms with Crippen molar-refractivity contribution in [1.82, 2.24) is 5.32 Å². The summed E-state index contributed by atoms with van der Waals surface area (Å²) in [6.45, 7) is 0. The summed E-state index contributed by atoms with van der Waals surface area (Å²) in [5.74, 6) is -0.356. The summed E-state index contributed by atoms with van der Waals surface area (Å²) in [5.41, 5.74) is 1.80. The van der Waals surface area contributed by atoms with Gasteiger partial charge in [-0.3, -0.25) is 19.7 Å². The Morgan fingerprint density at radius 1 is 1.08 bits per heavy atom. The number of rotatable bonds is 5. The van der Waals surface area contributed by atoms with Gasteiger partial charge in [-0.2, -0.15) is 0 Å². The molecule has 7 heteroatoms. The van der Waals surface area contributed by atoms with Crippen LogP contribution in [0.4, 0.5) is 5.69 Å². The molecule has 0 unspecified atom stereocenters. The zero-order chi connectivity index (χ0) is 17.1. The van der Waals surface area contributed by atoms with Gasteiger partial charge in [0.05, 0.1) is 22.6 Å². The zero-order valence-corrected chi connectivity index (χ0v) is 14.0. The van der Waals surface area contributed by atoms with Gasteiger partial charge in [0.15, 0.2) is 0 Å². The van der Waals surface area contributed by atoms with Gasteiger partial charge in [-0.25, -0.2) is 0 Å². The number of hydrogen-bond donors (Lipinski definition) is 2. The molecule has 2 aromatic carbocycles. The van der Waals surface area contributed by atoms with Crippen molar-refractivity contribution >= 4 is 46.8 Å². The van der Waals surface area contributed by atoms with Crippen LogP contribution in [-0.2, 0) is 10.5 Å². The molecule has 3 rings (SSSR count). The van der Waals surface area contributed by atoms with E-state index in [2.05, 4.69) is 10.6 Å². The lowest BCUT2D eigenvalue weighted by molar-refractivity contribution is -0.113. The Bertz CT molecular complexity index is 838. The summed E-state index contributed by atoms with van der Waals surface area (Å²) in [4.78, 5) is 35.5. The molecule has 1 heterocycles. The van der Waals surface area contributed by atoms with Crippen molar-refractivity contribution < 1.29 is 14.4 Å². The van der Waals surface area contributed by atoms with E-state index in [1.165, 1.54) is 11.8 Å². The van der Waals surface area contributed by atoms with Crippen molar-refractivity contribution in [3.63, 3.8) is 0 Å². The van der Waals surface area contributed by atoms with E-state index < -0.39 is 11.8 Å². The van der Waals surface area contributed by atoms with Crippen LogP contribution >= 0.6 is 23.4 Å². The Kier molecular flexibility index (Phi) is 4.87. The van der Waals surface area contributed by atoms with Crippen LogP contribution in [0.2, 0.25) is 5.02 Å². The molecule has 0 atom stereocenters. The molecule has 0 saturated heterocycles. The van der Waals surface area contributed by atoms with Crippen LogP contribution in [0.3, 0.4) is 0 Å². The predicted molar refractivity (Wildman–Crippen MR) is 94.5 cm³/mol. The lowest BCUT2D eigenvalue weighted by Crippen LogP contribution is -2.21. The second-order valence-electron chi connectivity index (χ2n) is 5.14. The van der Waals surface area contributed by atoms with Crippen molar-refractivity contribution in [2.75, 3.05) is 11.1 Å². The van der Waals surface area contributed by atoms with E-state index >= 15 is 0 Å². The van der Waals surface area contributed by atoms with Crippen LogP contribution in [0.15, 0.2) is 42.5 Å². The van der Waals surface area contributed by atoms with Gasteiger partial charge in [0.25, 0.3) is 11.8 Å². The average Bonchev–Trinajstić information content (AvgIpc) is 2.85. The fourth-order valence-electron chi connectivity index (χ4n) is 2.38. The minimum atomic E-state index is -0.491. The van der Waals surface area contributed by atoms with E-state index in [1.54, 1.807) is 24.3 Å². The number of hydrogen-bond acceptors (Lipinski definition) is 4. The van der Waals surface area contributed by atoms with Crippen molar-refractivity contribution in [3.8, 4) is 0 Å². The van der Waals surface area contributed by atoms with Crippen LogP contribution in [-0.4, -0.2) is 23.5 Å². The molecule has 0 bridgehead atoms. The third-order valence-electron chi connectivity index (χ3n) is 3.49. The lowest BCUT2D eigenvalue weighted by atomic mass is 10.1. The Morgan fingerprint density at radius 3 is 2.67 bits per heavy atom. The first-order chi connectivity index (χ1) is 11.6. The highest BCUT2D eigenvalue weighted by Crippen LogP contribution is 2.25. The normalized spacial score (nSPS) is 12.7. The fourth-order valence-corrected chi connectivity index (χ4v) is 3.49. The highest BCUT2D eigenvalue weighted by atomic mass is 35.5. The van der Waals surface area contributed by atoms with Gasteiger partial charge in [-0.15, -0.1) is 11.8 Å². The zero-order valence-electron chi connectivity index (χ0n) is 12.5. The molecule has 2 N–H and O–H groups in total. The molecule has 1 aliphatic heterocycles. The number of carbonyl (C=O) groups excluding carboxylic acids is 3. The first-order valence-electron chi connectivity index (χ1n) is 7.16. The molecule has 24 heavy (non-hydrogen) atoms. The maximum atomic E-state index is 12.1. The molecule has 1 aliphatic rings. The van der Waals surface area contributed by atoms with E-state index in [-0.39, 0.29) is 22.8 Å². The number of carbonyl (C=O) groups is 3. The highest BCUT2D eigenvalue weighted by Gasteiger charge is 2.29. The van der Waals surface area contributed by atoms with Gasteiger partial charge < -0.3 is 5.32 Å². The van der Waals surface area contributed by atoms with Gasteiger partial charge >= 0.3 is 0 Å². The highest BCUT2D eigenvalue weighted by molar-refractivity contribution is 7.99. The van der Waals surface area contributed by atoms with Crippen LogP contribution in [0.1, 0.15) is 26.3 Å². The number of fused-ring (bicyclic) bond motifs is 1. The van der Waals surface area contributed by atoms with Crippen LogP contribution in [0.25, 0.3) is 0 Å². The maximum absolute atomic E-state index is 12.1. The molecule has 0 radical (unpaired) electrons. The predicted octanol–water partition coefficient (Wildman–Crippen LogP) is 3.10. The van der Waals surface area contributed by atoms with E-state index in [4.69, 9.17) is 11.6 Å². The number of halogens is 1. The third-order valence-corrected chi connectivity index (χ3v) is 4.84. The molecule has 3 amide bonds. The monoisotopic (exact) mass is 360 g/mol. The Hall–Kier alpha value is -2.31. The minimum absolute atomic E-state index is 0.213. The number of nitrogens with one attached hydrogen (secondary N) is 2. The summed E-state index contributed by atoms with van der Waals surface area (Å²) in [5, 5.41) is 5.57. The summed E-state index contributed by atoms with van der Waals surface area (Å²) in [6, 6.07) is 12.2. The molecule has 0 aromatic heterocycles. The number of thioether (sulfide) groups is 1.